The highest BCUT2D eigenvalue weighted by Crippen LogP contribution is 2.47. The van der Waals surface area contributed by atoms with Crippen molar-refractivity contribution in [2.75, 3.05) is 32.0 Å². The second-order valence-corrected chi connectivity index (χ2v) is 10.9. The van der Waals surface area contributed by atoms with Crippen LogP contribution in [0, 0.1) is 5.41 Å². The van der Waals surface area contributed by atoms with Crippen molar-refractivity contribution < 1.29 is 8.42 Å². The van der Waals surface area contributed by atoms with E-state index in [1.807, 2.05) is 0 Å². The third-order valence-corrected chi connectivity index (χ3v) is 8.27. The Kier molecular flexibility index (Phi) is 6.44. The van der Waals surface area contributed by atoms with Gasteiger partial charge in [0.05, 0.1) is 5.02 Å². The Hall–Kier alpha value is -1.08. The molecule has 2 fully saturated rings. The number of piperidine rings is 1. The molecule has 0 spiro atoms. The van der Waals surface area contributed by atoms with E-state index in [1.165, 1.54) is 12.8 Å². The van der Waals surface area contributed by atoms with Gasteiger partial charge < -0.3 is 10.2 Å². The number of hydrogen-bond donors (Lipinski definition) is 2. The average molecular weight is 426 g/mol. The Labute approximate surface area is 174 Å². The van der Waals surface area contributed by atoms with Gasteiger partial charge in [-0.25, -0.2) is 13.1 Å². The molecule has 1 heterocycles. The third-order valence-electron chi connectivity index (χ3n) is 6.21. The van der Waals surface area contributed by atoms with Gasteiger partial charge in [-0.05, 0) is 82.3 Å². The Bertz CT molecular complexity index is 813. The van der Waals surface area contributed by atoms with Crippen LogP contribution in [0.15, 0.2) is 35.7 Å². The van der Waals surface area contributed by atoms with Crippen LogP contribution in [0.25, 0.3) is 0 Å². The molecule has 0 amide bonds. The summed E-state index contributed by atoms with van der Waals surface area (Å²) in [5.74, 6) is 0. The van der Waals surface area contributed by atoms with Gasteiger partial charge >= 0.3 is 0 Å². The van der Waals surface area contributed by atoms with Crippen molar-refractivity contribution in [3.8, 4) is 0 Å². The Morgan fingerprint density at radius 1 is 1.25 bits per heavy atom. The molecule has 0 atom stereocenters. The quantitative estimate of drug-likeness (QED) is 0.580. The maximum absolute atomic E-state index is 13.1. The van der Waals surface area contributed by atoms with E-state index in [-0.39, 0.29) is 9.92 Å². The number of benzene rings is 1. The van der Waals surface area contributed by atoms with Gasteiger partial charge in [-0.2, -0.15) is 0 Å². The maximum atomic E-state index is 13.1. The predicted octanol–water partition coefficient (Wildman–Crippen LogP) is 4.26. The highest BCUT2D eigenvalue weighted by Gasteiger charge is 2.38. The van der Waals surface area contributed by atoms with Crippen LogP contribution in [0.3, 0.4) is 0 Å². The van der Waals surface area contributed by atoms with E-state index in [9.17, 15) is 8.42 Å². The molecule has 0 radical (unpaired) electrons. The number of likely N-dealkylation sites (tertiary alicyclic amines) is 1. The molecule has 0 bridgehead atoms. The summed E-state index contributed by atoms with van der Waals surface area (Å²) in [6, 6.07) is 5.10. The maximum Gasteiger partial charge on any atom is 0.242 e. The zero-order valence-corrected chi connectivity index (χ0v) is 18.5. The number of anilines is 1. The molecule has 1 saturated heterocycles. The molecule has 1 aliphatic heterocycles. The molecule has 28 heavy (non-hydrogen) atoms. The van der Waals surface area contributed by atoms with E-state index in [4.69, 9.17) is 11.6 Å². The van der Waals surface area contributed by atoms with Gasteiger partial charge in [-0.3, -0.25) is 0 Å². The van der Waals surface area contributed by atoms with E-state index in [1.54, 1.807) is 24.3 Å². The number of nitrogens with one attached hydrogen (secondary N) is 2. The summed E-state index contributed by atoms with van der Waals surface area (Å²) in [6.45, 7) is 8.69. The van der Waals surface area contributed by atoms with E-state index in [0.717, 1.165) is 44.6 Å². The highest BCUT2D eigenvalue weighted by atomic mass is 35.5. The van der Waals surface area contributed by atoms with Crippen LogP contribution in [0.1, 0.15) is 45.4 Å². The van der Waals surface area contributed by atoms with Gasteiger partial charge in [0, 0.05) is 17.8 Å². The van der Waals surface area contributed by atoms with Crippen molar-refractivity contribution in [1.82, 2.24) is 9.62 Å². The molecule has 3 rings (SSSR count). The van der Waals surface area contributed by atoms with Gasteiger partial charge in [0.15, 0.2) is 0 Å². The summed E-state index contributed by atoms with van der Waals surface area (Å²) in [5, 5.41) is 3.60. The summed E-state index contributed by atoms with van der Waals surface area (Å²) in [5.41, 5.74) is 0.846. The summed E-state index contributed by atoms with van der Waals surface area (Å²) in [4.78, 5) is 2.35. The second kappa shape index (κ2) is 8.34. The number of hydrogen-bond acceptors (Lipinski definition) is 4. The lowest BCUT2D eigenvalue weighted by Gasteiger charge is -2.40. The van der Waals surface area contributed by atoms with Crippen molar-refractivity contribution in [2.24, 2.45) is 5.41 Å². The first-order valence-electron chi connectivity index (χ1n) is 10.0. The first-order chi connectivity index (χ1) is 13.2. The van der Waals surface area contributed by atoms with Crippen LogP contribution in [0.4, 0.5) is 5.69 Å². The Morgan fingerprint density at radius 3 is 2.50 bits per heavy atom. The van der Waals surface area contributed by atoms with Gasteiger partial charge in [-0.1, -0.05) is 24.6 Å². The second-order valence-electron chi connectivity index (χ2n) is 8.81. The molecule has 1 aromatic rings. The first-order valence-corrected chi connectivity index (χ1v) is 11.9. The minimum Gasteiger partial charge on any atom is -0.385 e. The SMILES string of the molecule is C=CCC1(NS(=O)(=O)c2ccc(NCCC3(C)CC3)cc2Cl)CCN(C)CC1. The fourth-order valence-electron chi connectivity index (χ4n) is 3.81. The van der Waals surface area contributed by atoms with Gasteiger partial charge in [-0.15, -0.1) is 6.58 Å². The van der Waals surface area contributed by atoms with Crippen molar-refractivity contribution in [2.45, 2.75) is 55.9 Å². The summed E-state index contributed by atoms with van der Waals surface area (Å²) >= 11 is 6.37. The fourth-order valence-corrected chi connectivity index (χ4v) is 5.83. The van der Waals surface area contributed by atoms with Crippen LogP contribution in [0.2, 0.25) is 5.02 Å². The topological polar surface area (TPSA) is 61.4 Å². The third kappa shape index (κ3) is 5.29. The molecular weight excluding hydrogens is 394 g/mol. The van der Waals surface area contributed by atoms with Crippen LogP contribution >= 0.6 is 11.6 Å². The molecule has 0 unspecified atom stereocenters. The van der Waals surface area contributed by atoms with E-state index >= 15 is 0 Å². The molecule has 2 N–H and O–H groups in total. The average Bonchev–Trinajstić information content (AvgIpc) is 3.35. The number of sulfonamides is 1. The van der Waals surface area contributed by atoms with Crippen molar-refractivity contribution in [3.63, 3.8) is 0 Å². The van der Waals surface area contributed by atoms with E-state index in [2.05, 4.69) is 35.5 Å². The van der Waals surface area contributed by atoms with Crippen LogP contribution < -0.4 is 10.0 Å². The van der Waals surface area contributed by atoms with Gasteiger partial charge in [0.2, 0.25) is 10.0 Å². The minimum atomic E-state index is -3.72. The number of halogens is 1. The lowest BCUT2D eigenvalue weighted by atomic mass is 9.86. The van der Waals surface area contributed by atoms with Crippen molar-refractivity contribution >= 4 is 27.3 Å². The zero-order chi connectivity index (χ0) is 20.4. The normalized spacial score (nSPS) is 21.2. The molecule has 0 aromatic heterocycles. The smallest absolute Gasteiger partial charge is 0.242 e. The number of nitrogens with zero attached hydrogens (tertiary/aromatic N) is 1. The summed E-state index contributed by atoms with van der Waals surface area (Å²) < 4.78 is 29.1. The molecule has 1 aromatic carbocycles. The van der Waals surface area contributed by atoms with Crippen molar-refractivity contribution in [3.05, 3.63) is 35.9 Å². The summed E-state index contributed by atoms with van der Waals surface area (Å²) in [6.07, 6.45) is 7.61. The standard InChI is InChI=1S/C21H32ClN3O2S/c1-4-7-21(11-14-25(3)15-12-21)24-28(26,27)19-6-5-17(16-18(19)22)23-13-10-20(2)8-9-20/h4-6,16,23-24H,1,7-15H2,2-3H3. The molecule has 2 aliphatic rings. The predicted molar refractivity (Wildman–Crippen MR) is 116 cm³/mol. The molecule has 7 heteroatoms. The van der Waals surface area contributed by atoms with E-state index in [0.29, 0.717) is 11.8 Å². The Morgan fingerprint density at radius 2 is 1.93 bits per heavy atom. The molecule has 1 saturated carbocycles. The fraction of sp³-hybridized carbons (Fsp3) is 0.619. The molecule has 156 valence electrons. The lowest BCUT2D eigenvalue weighted by Crippen LogP contribution is -2.54. The van der Waals surface area contributed by atoms with Crippen molar-refractivity contribution in [1.29, 1.82) is 0 Å². The Balaban J connectivity index is 1.70. The lowest BCUT2D eigenvalue weighted by molar-refractivity contribution is 0.178. The largest absolute Gasteiger partial charge is 0.385 e. The first kappa shape index (κ1) is 21.6. The highest BCUT2D eigenvalue weighted by molar-refractivity contribution is 7.89. The van der Waals surface area contributed by atoms with Crippen LogP contribution in [-0.4, -0.2) is 45.5 Å². The molecule has 5 nitrogen and oxygen atoms in total. The molecule has 1 aliphatic carbocycles. The van der Waals surface area contributed by atoms with Gasteiger partial charge in [0.1, 0.15) is 4.90 Å². The monoisotopic (exact) mass is 425 g/mol. The van der Waals surface area contributed by atoms with Gasteiger partial charge in [0.25, 0.3) is 0 Å². The number of rotatable bonds is 9. The zero-order valence-electron chi connectivity index (χ0n) is 16.9. The molecular formula is C21H32ClN3O2S. The van der Waals surface area contributed by atoms with Crippen LogP contribution in [0.5, 0.6) is 0 Å². The summed E-state index contributed by atoms with van der Waals surface area (Å²) in [7, 11) is -1.66. The van der Waals surface area contributed by atoms with Crippen LogP contribution in [-0.2, 0) is 10.0 Å². The minimum absolute atomic E-state index is 0.135. The van der Waals surface area contributed by atoms with E-state index < -0.39 is 15.6 Å².